The number of nitrogens with one attached hydrogen (secondary N) is 1. The zero-order chi connectivity index (χ0) is 27.6. The van der Waals surface area contributed by atoms with E-state index >= 15 is 0 Å². The summed E-state index contributed by atoms with van der Waals surface area (Å²) in [6.07, 6.45) is 10.5. The van der Waals surface area contributed by atoms with Crippen LogP contribution < -0.4 is 10.1 Å². The molecule has 1 aromatic carbocycles. The number of ether oxygens (including phenoxy) is 1. The van der Waals surface area contributed by atoms with E-state index in [1.165, 1.54) is 18.9 Å². The Morgan fingerprint density at radius 2 is 1.88 bits per heavy atom. The van der Waals surface area contributed by atoms with Crippen molar-refractivity contribution in [2.75, 3.05) is 31.5 Å². The molecule has 210 valence electrons. The molecule has 9 nitrogen and oxygen atoms in total. The summed E-state index contributed by atoms with van der Waals surface area (Å²) < 4.78 is 8.79. The summed E-state index contributed by atoms with van der Waals surface area (Å²) >= 11 is 0. The number of imidazole rings is 1. The molecule has 2 aliphatic heterocycles. The molecule has 0 unspecified atom stereocenters. The fourth-order valence-electron chi connectivity index (χ4n) is 6.15. The monoisotopic (exact) mass is 542 g/mol. The minimum atomic E-state index is -0.246. The lowest BCUT2D eigenvalue weighted by atomic mass is 10.1. The van der Waals surface area contributed by atoms with Crippen LogP contribution in [0.15, 0.2) is 49.2 Å². The Balaban J connectivity index is 1.36. The predicted octanol–water partition coefficient (Wildman–Crippen LogP) is 4.74. The second kappa shape index (κ2) is 11.4. The van der Waals surface area contributed by atoms with Gasteiger partial charge in [-0.2, -0.15) is 0 Å². The minimum absolute atomic E-state index is 0.0759. The zero-order valence-electron chi connectivity index (χ0n) is 23.2. The average Bonchev–Trinajstić information content (AvgIpc) is 3.78. The van der Waals surface area contributed by atoms with Crippen LogP contribution in [0, 0.1) is 6.92 Å². The Hall–Kier alpha value is -3.72. The van der Waals surface area contributed by atoms with Gasteiger partial charge in [-0.15, -0.1) is 0 Å². The van der Waals surface area contributed by atoms with Crippen molar-refractivity contribution >= 4 is 28.8 Å². The lowest BCUT2D eigenvalue weighted by Gasteiger charge is -2.32. The smallest absolute Gasteiger partial charge is 0.258 e. The molecule has 3 aliphatic rings. The number of para-hydroxylation sites is 1. The van der Waals surface area contributed by atoms with Crippen molar-refractivity contribution in [3.8, 4) is 5.75 Å². The Bertz CT molecular complexity index is 1410. The molecule has 1 atom stereocenters. The minimum Gasteiger partial charge on any atom is -0.488 e. The summed E-state index contributed by atoms with van der Waals surface area (Å²) in [4.78, 5) is 39.6. The number of hydrogen-bond acceptors (Lipinski definition) is 6. The number of carbonyl (C=O) groups excluding carboxylic acids is 2. The molecule has 40 heavy (non-hydrogen) atoms. The highest BCUT2D eigenvalue weighted by atomic mass is 16.5. The second-order valence-electron chi connectivity index (χ2n) is 11.3. The summed E-state index contributed by atoms with van der Waals surface area (Å²) in [5.41, 5.74) is 2.92. The Kier molecular flexibility index (Phi) is 7.56. The number of hydrogen-bond donors (Lipinski definition) is 1. The van der Waals surface area contributed by atoms with E-state index in [2.05, 4.69) is 26.3 Å². The molecular formula is C31H38N6O3. The average molecular weight is 543 g/mol. The van der Waals surface area contributed by atoms with E-state index in [4.69, 9.17) is 9.72 Å². The third-order valence-corrected chi connectivity index (χ3v) is 8.39. The van der Waals surface area contributed by atoms with Crippen LogP contribution in [0.3, 0.4) is 0 Å². The van der Waals surface area contributed by atoms with Crippen molar-refractivity contribution in [1.29, 1.82) is 0 Å². The largest absolute Gasteiger partial charge is 0.488 e. The van der Waals surface area contributed by atoms with E-state index in [1.54, 1.807) is 18.3 Å². The van der Waals surface area contributed by atoms with Crippen LogP contribution in [0.2, 0.25) is 0 Å². The third kappa shape index (κ3) is 5.61. The van der Waals surface area contributed by atoms with Gasteiger partial charge in [0, 0.05) is 49.7 Å². The number of pyridine rings is 1. The number of aryl methyl sites for hydroxylation is 1. The summed E-state index contributed by atoms with van der Waals surface area (Å²) in [6.45, 7) is 8.91. The van der Waals surface area contributed by atoms with Gasteiger partial charge < -0.3 is 19.1 Å². The second-order valence-corrected chi connectivity index (χ2v) is 11.3. The number of likely N-dealkylation sites (tertiary alicyclic amines) is 2. The lowest BCUT2D eigenvalue weighted by molar-refractivity contribution is -0.126. The van der Waals surface area contributed by atoms with E-state index in [9.17, 15) is 9.59 Å². The van der Waals surface area contributed by atoms with Crippen LogP contribution in [0.1, 0.15) is 67.0 Å². The van der Waals surface area contributed by atoms with Gasteiger partial charge in [0.1, 0.15) is 17.4 Å². The summed E-state index contributed by atoms with van der Waals surface area (Å²) in [5, 5.41) is 3.07. The maximum absolute atomic E-state index is 13.4. The first kappa shape index (κ1) is 26.5. The molecule has 2 amide bonds. The first-order valence-corrected chi connectivity index (χ1v) is 14.6. The van der Waals surface area contributed by atoms with Gasteiger partial charge in [0.25, 0.3) is 5.91 Å². The fraction of sp³-hybridized carbons (Fsp3) is 0.484. The van der Waals surface area contributed by atoms with Gasteiger partial charge in [-0.1, -0.05) is 12.6 Å². The van der Waals surface area contributed by atoms with Crippen LogP contribution in [-0.4, -0.2) is 74.5 Å². The van der Waals surface area contributed by atoms with E-state index in [0.717, 1.165) is 73.7 Å². The first-order chi connectivity index (χ1) is 19.5. The predicted molar refractivity (Wildman–Crippen MR) is 155 cm³/mol. The highest BCUT2D eigenvalue weighted by Gasteiger charge is 2.33. The van der Waals surface area contributed by atoms with E-state index < -0.39 is 0 Å². The van der Waals surface area contributed by atoms with E-state index in [0.29, 0.717) is 24.6 Å². The number of benzene rings is 1. The van der Waals surface area contributed by atoms with Crippen molar-refractivity contribution in [1.82, 2.24) is 24.3 Å². The standard InChI is InChI=1S/C31H38N6O3/c1-3-28(38)36-16-5-4-7-24(20-36)37-29-26(33-31(37)34-30(39)22-12-15-32-21(2)19-22)8-6-9-27(29)40-25-13-17-35(18-14-25)23-10-11-23/h3,6,8-9,12,15,19,23-25H,1,4-5,7,10-11,13-14,16-18,20H2,2H3,(H,33,34,39)/t24-/m1/s1. The van der Waals surface area contributed by atoms with Crippen LogP contribution in [0.4, 0.5) is 5.95 Å². The van der Waals surface area contributed by atoms with Crippen molar-refractivity contribution in [3.63, 3.8) is 0 Å². The molecule has 3 aromatic rings. The number of piperidine rings is 1. The Labute approximate surface area is 235 Å². The van der Waals surface area contributed by atoms with E-state index in [1.807, 2.05) is 30.0 Å². The molecule has 1 aliphatic carbocycles. The number of carbonyl (C=O) groups is 2. The number of rotatable bonds is 7. The number of amides is 2. The van der Waals surface area contributed by atoms with Crippen LogP contribution in [-0.2, 0) is 4.79 Å². The quantitative estimate of drug-likeness (QED) is 0.434. The van der Waals surface area contributed by atoms with Crippen LogP contribution in [0.25, 0.3) is 11.0 Å². The maximum atomic E-state index is 13.4. The van der Waals surface area contributed by atoms with Gasteiger partial charge >= 0.3 is 0 Å². The highest BCUT2D eigenvalue weighted by molar-refractivity contribution is 6.04. The Morgan fingerprint density at radius 1 is 1.05 bits per heavy atom. The molecular weight excluding hydrogens is 504 g/mol. The number of nitrogens with zero attached hydrogens (tertiary/aromatic N) is 5. The topological polar surface area (TPSA) is 92.6 Å². The molecule has 0 radical (unpaired) electrons. The SMILES string of the molecule is C=CC(=O)N1CCCC[C@@H](n2c(NC(=O)c3ccnc(C)c3)nc3cccc(OC4CCN(C5CC5)CC4)c32)C1. The van der Waals surface area contributed by atoms with Gasteiger partial charge in [-0.3, -0.25) is 19.9 Å². The molecule has 1 saturated carbocycles. The van der Waals surface area contributed by atoms with Crippen LogP contribution >= 0.6 is 0 Å². The molecule has 0 bridgehead atoms. The molecule has 6 rings (SSSR count). The van der Waals surface area contributed by atoms with Gasteiger partial charge in [-0.25, -0.2) is 4.98 Å². The molecule has 2 saturated heterocycles. The number of anilines is 1. The van der Waals surface area contributed by atoms with Crippen molar-refractivity contribution in [2.24, 2.45) is 0 Å². The van der Waals surface area contributed by atoms with Crippen molar-refractivity contribution in [2.45, 2.75) is 70.1 Å². The van der Waals surface area contributed by atoms with E-state index in [-0.39, 0.29) is 24.0 Å². The fourth-order valence-corrected chi connectivity index (χ4v) is 6.15. The summed E-state index contributed by atoms with van der Waals surface area (Å²) in [7, 11) is 0. The van der Waals surface area contributed by atoms with Crippen molar-refractivity contribution in [3.05, 3.63) is 60.4 Å². The normalized spacial score (nSPS) is 20.7. The third-order valence-electron chi connectivity index (χ3n) is 8.39. The molecule has 3 fully saturated rings. The number of aromatic nitrogens is 3. The molecule has 1 N–H and O–H groups in total. The summed E-state index contributed by atoms with van der Waals surface area (Å²) in [5.74, 6) is 0.922. The van der Waals surface area contributed by atoms with Gasteiger partial charge in [0.2, 0.25) is 11.9 Å². The van der Waals surface area contributed by atoms with Gasteiger partial charge in [0.05, 0.1) is 11.6 Å². The highest BCUT2D eigenvalue weighted by Crippen LogP contribution is 2.37. The van der Waals surface area contributed by atoms with Gasteiger partial charge in [0.15, 0.2) is 0 Å². The molecule has 9 heteroatoms. The van der Waals surface area contributed by atoms with Crippen molar-refractivity contribution < 1.29 is 14.3 Å². The van der Waals surface area contributed by atoms with Gasteiger partial charge in [-0.05, 0) is 82.2 Å². The van der Waals surface area contributed by atoms with Crippen LogP contribution in [0.5, 0.6) is 5.75 Å². The lowest BCUT2D eigenvalue weighted by Crippen LogP contribution is -2.39. The first-order valence-electron chi connectivity index (χ1n) is 14.6. The zero-order valence-corrected chi connectivity index (χ0v) is 23.2. The molecule has 2 aromatic heterocycles. The molecule has 4 heterocycles. The number of fused-ring (bicyclic) bond motifs is 1. The maximum Gasteiger partial charge on any atom is 0.258 e. The molecule has 0 spiro atoms. The Morgan fingerprint density at radius 3 is 2.62 bits per heavy atom. The summed E-state index contributed by atoms with van der Waals surface area (Å²) in [6, 6.07) is 10.1.